The standard InChI is InChI=1S/C23H20BrN5OS/c1-16-7-8-20(19(24)13-16)26-21(30)15-31-23-28-27-22(18-9-11-25-12-10-18)29(23)14-17-5-3-2-4-6-17/h2-13H,14-15H2,1H3,(H,26,30). The second-order valence-electron chi connectivity index (χ2n) is 6.93. The quantitative estimate of drug-likeness (QED) is 0.358. The van der Waals surface area contributed by atoms with Gasteiger partial charge in [-0.25, -0.2) is 0 Å². The molecular weight excluding hydrogens is 474 g/mol. The van der Waals surface area contributed by atoms with Crippen molar-refractivity contribution in [2.24, 2.45) is 0 Å². The van der Waals surface area contributed by atoms with Crippen LogP contribution in [0.5, 0.6) is 0 Å². The summed E-state index contributed by atoms with van der Waals surface area (Å²) in [5, 5.41) is 12.4. The van der Waals surface area contributed by atoms with Gasteiger partial charge in [0.05, 0.1) is 18.0 Å². The minimum atomic E-state index is -0.103. The predicted molar refractivity (Wildman–Crippen MR) is 127 cm³/mol. The molecule has 2 aromatic carbocycles. The number of amides is 1. The Hall–Kier alpha value is -2.97. The summed E-state index contributed by atoms with van der Waals surface area (Å²) in [6.07, 6.45) is 3.47. The van der Waals surface area contributed by atoms with Crippen LogP contribution in [0.2, 0.25) is 0 Å². The van der Waals surface area contributed by atoms with Crippen LogP contribution in [0.15, 0.2) is 82.7 Å². The first kappa shape index (κ1) is 21.3. The van der Waals surface area contributed by atoms with E-state index in [2.05, 4.69) is 48.6 Å². The number of hydrogen-bond acceptors (Lipinski definition) is 5. The van der Waals surface area contributed by atoms with Crippen LogP contribution in [0, 0.1) is 6.92 Å². The minimum absolute atomic E-state index is 0.103. The Kier molecular flexibility index (Phi) is 6.79. The van der Waals surface area contributed by atoms with Gasteiger partial charge in [-0.15, -0.1) is 10.2 Å². The summed E-state index contributed by atoms with van der Waals surface area (Å²) in [5.41, 5.74) is 3.93. The third-order valence-corrected chi connectivity index (χ3v) is 6.19. The number of aryl methyl sites for hydroxylation is 1. The molecule has 1 N–H and O–H groups in total. The molecule has 4 rings (SSSR count). The van der Waals surface area contributed by atoms with Crippen molar-refractivity contribution < 1.29 is 4.79 Å². The van der Waals surface area contributed by atoms with Gasteiger partial charge in [0.1, 0.15) is 0 Å². The predicted octanol–water partition coefficient (Wildman–Crippen LogP) is 5.19. The Labute approximate surface area is 193 Å². The second-order valence-corrected chi connectivity index (χ2v) is 8.73. The summed E-state index contributed by atoms with van der Waals surface area (Å²) < 4.78 is 2.89. The first-order chi connectivity index (χ1) is 15.1. The Morgan fingerprint density at radius 1 is 1.06 bits per heavy atom. The number of thioether (sulfide) groups is 1. The highest BCUT2D eigenvalue weighted by atomic mass is 79.9. The largest absolute Gasteiger partial charge is 0.324 e. The fourth-order valence-electron chi connectivity index (χ4n) is 3.06. The Bertz CT molecular complexity index is 1180. The van der Waals surface area contributed by atoms with E-state index in [-0.39, 0.29) is 11.7 Å². The number of hydrogen-bond donors (Lipinski definition) is 1. The number of aromatic nitrogens is 4. The van der Waals surface area contributed by atoms with E-state index < -0.39 is 0 Å². The van der Waals surface area contributed by atoms with Crippen molar-refractivity contribution in [2.45, 2.75) is 18.6 Å². The van der Waals surface area contributed by atoms with Crippen LogP contribution >= 0.6 is 27.7 Å². The molecule has 31 heavy (non-hydrogen) atoms. The van der Waals surface area contributed by atoms with Gasteiger partial charge in [-0.05, 0) is 58.2 Å². The smallest absolute Gasteiger partial charge is 0.234 e. The lowest BCUT2D eigenvalue weighted by Crippen LogP contribution is -2.15. The van der Waals surface area contributed by atoms with E-state index in [1.54, 1.807) is 12.4 Å². The number of pyridine rings is 1. The summed E-state index contributed by atoms with van der Waals surface area (Å²) >= 11 is 4.86. The maximum Gasteiger partial charge on any atom is 0.234 e. The summed E-state index contributed by atoms with van der Waals surface area (Å²) in [6.45, 7) is 2.62. The molecule has 4 aromatic rings. The summed E-state index contributed by atoms with van der Waals surface area (Å²) in [7, 11) is 0. The number of carbonyl (C=O) groups is 1. The molecular formula is C23H20BrN5OS. The Morgan fingerprint density at radius 2 is 1.84 bits per heavy atom. The lowest BCUT2D eigenvalue weighted by molar-refractivity contribution is -0.113. The Balaban J connectivity index is 1.53. The van der Waals surface area contributed by atoms with Crippen LogP contribution in [-0.2, 0) is 11.3 Å². The van der Waals surface area contributed by atoms with Crippen LogP contribution in [0.1, 0.15) is 11.1 Å². The van der Waals surface area contributed by atoms with Crippen LogP contribution in [0.25, 0.3) is 11.4 Å². The normalized spacial score (nSPS) is 10.8. The number of carbonyl (C=O) groups excluding carboxylic acids is 1. The highest BCUT2D eigenvalue weighted by molar-refractivity contribution is 9.10. The van der Waals surface area contributed by atoms with Gasteiger partial charge in [0.25, 0.3) is 0 Å². The van der Waals surface area contributed by atoms with E-state index in [4.69, 9.17) is 0 Å². The molecule has 0 saturated heterocycles. The molecule has 0 bridgehead atoms. The van der Waals surface area contributed by atoms with Crippen molar-refractivity contribution in [2.75, 3.05) is 11.1 Å². The highest BCUT2D eigenvalue weighted by Crippen LogP contribution is 2.26. The van der Waals surface area contributed by atoms with Crippen LogP contribution < -0.4 is 5.32 Å². The van der Waals surface area contributed by atoms with Crippen molar-refractivity contribution in [3.05, 3.63) is 88.7 Å². The zero-order valence-electron chi connectivity index (χ0n) is 16.8. The molecule has 0 atom stereocenters. The maximum atomic E-state index is 12.6. The summed E-state index contributed by atoms with van der Waals surface area (Å²) in [6, 6.07) is 19.8. The van der Waals surface area contributed by atoms with Gasteiger partial charge < -0.3 is 5.32 Å². The van der Waals surface area contributed by atoms with E-state index in [1.165, 1.54) is 11.8 Å². The molecule has 0 aliphatic rings. The topological polar surface area (TPSA) is 72.7 Å². The third kappa shape index (κ3) is 5.39. The minimum Gasteiger partial charge on any atom is -0.324 e. The van der Waals surface area contributed by atoms with Gasteiger partial charge in [0, 0.05) is 22.4 Å². The van der Waals surface area contributed by atoms with Gasteiger partial charge in [-0.1, -0.05) is 48.2 Å². The molecule has 0 aliphatic heterocycles. The number of benzene rings is 2. The molecule has 0 fully saturated rings. The second kappa shape index (κ2) is 9.89. The molecule has 0 unspecified atom stereocenters. The lowest BCUT2D eigenvalue weighted by atomic mass is 10.2. The molecule has 1 amide bonds. The monoisotopic (exact) mass is 493 g/mol. The van der Waals surface area contributed by atoms with Crippen molar-refractivity contribution in [3.63, 3.8) is 0 Å². The maximum absolute atomic E-state index is 12.6. The van der Waals surface area contributed by atoms with E-state index >= 15 is 0 Å². The van der Waals surface area contributed by atoms with Gasteiger partial charge in [0.15, 0.2) is 11.0 Å². The van der Waals surface area contributed by atoms with Gasteiger partial charge in [0.2, 0.25) is 5.91 Å². The first-order valence-corrected chi connectivity index (χ1v) is 11.4. The van der Waals surface area contributed by atoms with E-state index in [1.807, 2.05) is 60.0 Å². The van der Waals surface area contributed by atoms with Crippen molar-refractivity contribution >= 4 is 39.3 Å². The number of nitrogens with zero attached hydrogens (tertiary/aromatic N) is 4. The molecule has 0 saturated carbocycles. The molecule has 0 spiro atoms. The van der Waals surface area contributed by atoms with Gasteiger partial charge in [-0.2, -0.15) is 0 Å². The molecule has 8 heteroatoms. The third-order valence-electron chi connectivity index (χ3n) is 4.57. The van der Waals surface area contributed by atoms with Crippen molar-refractivity contribution in [1.29, 1.82) is 0 Å². The van der Waals surface area contributed by atoms with E-state index in [0.29, 0.717) is 11.7 Å². The zero-order valence-corrected chi connectivity index (χ0v) is 19.2. The number of rotatable bonds is 7. The average molecular weight is 494 g/mol. The number of halogens is 1. The summed E-state index contributed by atoms with van der Waals surface area (Å²) in [5.74, 6) is 0.869. The van der Waals surface area contributed by atoms with Crippen molar-refractivity contribution in [3.8, 4) is 11.4 Å². The van der Waals surface area contributed by atoms with Crippen molar-refractivity contribution in [1.82, 2.24) is 19.7 Å². The number of nitrogens with one attached hydrogen (secondary N) is 1. The molecule has 6 nitrogen and oxygen atoms in total. The average Bonchev–Trinajstić information content (AvgIpc) is 3.18. The van der Waals surface area contributed by atoms with Gasteiger partial charge >= 0.3 is 0 Å². The van der Waals surface area contributed by atoms with E-state index in [0.717, 1.165) is 32.7 Å². The fraction of sp³-hybridized carbons (Fsp3) is 0.130. The Morgan fingerprint density at radius 3 is 2.58 bits per heavy atom. The van der Waals surface area contributed by atoms with Crippen LogP contribution in [-0.4, -0.2) is 31.4 Å². The van der Waals surface area contributed by atoms with E-state index in [9.17, 15) is 4.79 Å². The molecule has 0 aliphatic carbocycles. The van der Waals surface area contributed by atoms with Crippen LogP contribution in [0.3, 0.4) is 0 Å². The van der Waals surface area contributed by atoms with Gasteiger partial charge in [-0.3, -0.25) is 14.3 Å². The zero-order chi connectivity index (χ0) is 21.6. The SMILES string of the molecule is Cc1ccc(NC(=O)CSc2nnc(-c3ccncc3)n2Cc2ccccc2)c(Br)c1. The first-order valence-electron chi connectivity index (χ1n) is 9.66. The highest BCUT2D eigenvalue weighted by Gasteiger charge is 2.16. The molecule has 2 heterocycles. The molecule has 2 aromatic heterocycles. The molecule has 0 radical (unpaired) electrons. The fourth-order valence-corrected chi connectivity index (χ4v) is 4.39. The summed E-state index contributed by atoms with van der Waals surface area (Å²) in [4.78, 5) is 16.6. The lowest BCUT2D eigenvalue weighted by Gasteiger charge is -2.11. The molecule has 156 valence electrons. The number of anilines is 1. The van der Waals surface area contributed by atoms with Crippen LogP contribution in [0.4, 0.5) is 5.69 Å².